The van der Waals surface area contributed by atoms with Gasteiger partial charge >= 0.3 is 6.36 Å². The number of carbonyl (C=O) groups excluding carboxylic acids is 1. The molecule has 0 bridgehead atoms. The summed E-state index contributed by atoms with van der Waals surface area (Å²) in [7, 11) is 0. The Balaban J connectivity index is 1.65. The highest BCUT2D eigenvalue weighted by molar-refractivity contribution is 7.22. The molecule has 0 aliphatic carbocycles. The van der Waals surface area contributed by atoms with E-state index in [-0.39, 0.29) is 17.7 Å². The number of thiazole rings is 1. The molecule has 0 unspecified atom stereocenters. The Kier molecular flexibility index (Phi) is 4.91. The van der Waals surface area contributed by atoms with Crippen molar-refractivity contribution in [3.8, 4) is 5.75 Å². The van der Waals surface area contributed by atoms with Gasteiger partial charge in [-0.2, -0.15) is 0 Å². The van der Waals surface area contributed by atoms with Gasteiger partial charge in [0.1, 0.15) is 5.75 Å². The van der Waals surface area contributed by atoms with E-state index in [1.807, 2.05) is 0 Å². The Hall–Kier alpha value is -1.87. The number of hydrogen-bond donors (Lipinski definition) is 2. The van der Waals surface area contributed by atoms with Crippen molar-refractivity contribution >= 4 is 32.6 Å². The van der Waals surface area contributed by atoms with Crippen molar-refractivity contribution in [2.45, 2.75) is 38.1 Å². The second-order valence-corrected chi connectivity index (χ2v) is 6.63. The molecule has 5 nitrogen and oxygen atoms in total. The van der Waals surface area contributed by atoms with Crippen LogP contribution in [-0.2, 0) is 4.79 Å². The first-order valence-corrected chi connectivity index (χ1v) is 8.40. The van der Waals surface area contributed by atoms with Crippen LogP contribution in [0.4, 0.5) is 18.3 Å². The van der Waals surface area contributed by atoms with Gasteiger partial charge in [-0.3, -0.25) is 4.79 Å². The maximum absolute atomic E-state index is 12.2. The third-order valence-corrected chi connectivity index (χ3v) is 4.62. The number of amides is 1. The Morgan fingerprint density at radius 2 is 2.25 bits per heavy atom. The number of rotatable bonds is 4. The number of ether oxygens (including phenoxy) is 1. The topological polar surface area (TPSA) is 63.2 Å². The standard InChI is InChI=1S/C15H16F3N3O2S/c16-15(17,18)23-10-4-5-11-12(8-10)24-14(20-11)21-13(22)7-9-3-1-2-6-19-9/h4-5,8-9,19H,1-3,6-7H2,(H,20,21,22)/t9-/m0/s1. The van der Waals surface area contributed by atoms with Crippen LogP contribution in [0.25, 0.3) is 10.2 Å². The van der Waals surface area contributed by atoms with Gasteiger partial charge in [-0.15, -0.1) is 13.2 Å². The average molecular weight is 359 g/mol. The molecule has 2 heterocycles. The number of alkyl halides is 3. The predicted molar refractivity (Wildman–Crippen MR) is 85.2 cm³/mol. The van der Waals surface area contributed by atoms with E-state index in [0.717, 1.165) is 37.1 Å². The molecule has 1 aromatic carbocycles. The van der Waals surface area contributed by atoms with Gasteiger partial charge in [0.15, 0.2) is 5.13 Å². The number of nitrogens with zero attached hydrogens (tertiary/aromatic N) is 1. The van der Waals surface area contributed by atoms with Crippen LogP contribution in [0.1, 0.15) is 25.7 Å². The predicted octanol–water partition coefficient (Wildman–Crippen LogP) is 3.67. The summed E-state index contributed by atoms with van der Waals surface area (Å²) in [5, 5.41) is 6.37. The van der Waals surface area contributed by atoms with Gasteiger partial charge in [-0.25, -0.2) is 4.98 Å². The molecule has 0 spiro atoms. The first-order chi connectivity index (χ1) is 11.4. The zero-order valence-corrected chi connectivity index (χ0v) is 13.5. The lowest BCUT2D eigenvalue weighted by atomic mass is 10.0. The molecule has 1 atom stereocenters. The minimum atomic E-state index is -4.73. The van der Waals surface area contributed by atoms with Crippen molar-refractivity contribution in [3.63, 3.8) is 0 Å². The fraction of sp³-hybridized carbons (Fsp3) is 0.467. The van der Waals surface area contributed by atoms with Gasteiger partial charge in [0.05, 0.1) is 10.2 Å². The van der Waals surface area contributed by atoms with Crippen LogP contribution in [-0.4, -0.2) is 29.8 Å². The average Bonchev–Trinajstić information content (AvgIpc) is 2.87. The van der Waals surface area contributed by atoms with Crippen LogP contribution in [0.3, 0.4) is 0 Å². The second kappa shape index (κ2) is 6.94. The molecule has 9 heteroatoms. The third kappa shape index (κ3) is 4.57. The van der Waals surface area contributed by atoms with Crippen molar-refractivity contribution in [1.29, 1.82) is 0 Å². The summed E-state index contributed by atoms with van der Waals surface area (Å²) in [6, 6.07) is 4.07. The maximum atomic E-state index is 12.2. The highest BCUT2D eigenvalue weighted by atomic mass is 32.1. The van der Waals surface area contributed by atoms with Gasteiger partial charge in [0.2, 0.25) is 5.91 Å². The minimum Gasteiger partial charge on any atom is -0.406 e. The summed E-state index contributed by atoms with van der Waals surface area (Å²) in [6.07, 6.45) is -1.18. The SMILES string of the molecule is O=C(C[C@@H]1CCCCN1)Nc1nc2ccc(OC(F)(F)F)cc2s1. The Morgan fingerprint density at radius 3 is 2.96 bits per heavy atom. The maximum Gasteiger partial charge on any atom is 0.573 e. The number of aromatic nitrogens is 1. The van der Waals surface area contributed by atoms with E-state index in [2.05, 4.69) is 20.4 Å². The lowest BCUT2D eigenvalue weighted by Gasteiger charge is -2.22. The number of nitrogens with one attached hydrogen (secondary N) is 2. The number of halogens is 3. The molecule has 130 valence electrons. The molecule has 0 saturated carbocycles. The molecule has 24 heavy (non-hydrogen) atoms. The summed E-state index contributed by atoms with van der Waals surface area (Å²) < 4.78 is 41.1. The first kappa shape index (κ1) is 17.0. The van der Waals surface area contributed by atoms with Crippen molar-refractivity contribution in [1.82, 2.24) is 10.3 Å². The summed E-state index contributed by atoms with van der Waals surface area (Å²) in [6.45, 7) is 0.918. The molecular formula is C15H16F3N3O2S. The van der Waals surface area contributed by atoms with E-state index < -0.39 is 6.36 Å². The number of benzene rings is 1. The molecule has 3 rings (SSSR count). The van der Waals surface area contributed by atoms with Crippen molar-refractivity contribution in [3.05, 3.63) is 18.2 Å². The van der Waals surface area contributed by atoms with Crippen molar-refractivity contribution in [2.24, 2.45) is 0 Å². The molecule has 1 aromatic heterocycles. The lowest BCUT2D eigenvalue weighted by molar-refractivity contribution is -0.274. The van der Waals surface area contributed by atoms with E-state index in [1.54, 1.807) is 0 Å². The van der Waals surface area contributed by atoms with Crippen LogP contribution in [0.5, 0.6) is 5.75 Å². The quantitative estimate of drug-likeness (QED) is 0.874. The monoisotopic (exact) mass is 359 g/mol. The molecule has 1 fully saturated rings. The van der Waals surface area contributed by atoms with Gasteiger partial charge < -0.3 is 15.4 Å². The largest absolute Gasteiger partial charge is 0.573 e. The van der Waals surface area contributed by atoms with Crippen molar-refractivity contribution in [2.75, 3.05) is 11.9 Å². The van der Waals surface area contributed by atoms with Gasteiger partial charge in [-0.05, 0) is 31.5 Å². The van der Waals surface area contributed by atoms with Crippen LogP contribution in [0.2, 0.25) is 0 Å². The number of piperidine rings is 1. The normalized spacial score (nSPS) is 18.5. The smallest absolute Gasteiger partial charge is 0.406 e. The Bertz CT molecular complexity index is 726. The van der Waals surface area contributed by atoms with E-state index in [4.69, 9.17) is 0 Å². The summed E-state index contributed by atoms with van der Waals surface area (Å²) in [5.74, 6) is -0.455. The molecule has 0 radical (unpaired) electrons. The van der Waals surface area contributed by atoms with Gasteiger partial charge in [0, 0.05) is 18.5 Å². The molecule has 1 saturated heterocycles. The number of carbonyl (C=O) groups is 1. The van der Waals surface area contributed by atoms with Crippen LogP contribution in [0, 0.1) is 0 Å². The lowest BCUT2D eigenvalue weighted by Crippen LogP contribution is -2.36. The molecule has 2 aromatic rings. The fourth-order valence-corrected chi connectivity index (χ4v) is 3.56. The van der Waals surface area contributed by atoms with Crippen molar-refractivity contribution < 1.29 is 22.7 Å². The summed E-state index contributed by atoms with van der Waals surface area (Å²) >= 11 is 1.12. The van der Waals surface area contributed by atoms with Crippen LogP contribution >= 0.6 is 11.3 Å². The number of anilines is 1. The van der Waals surface area contributed by atoms with E-state index in [9.17, 15) is 18.0 Å². The number of fused-ring (bicyclic) bond motifs is 1. The van der Waals surface area contributed by atoms with Gasteiger partial charge in [0.25, 0.3) is 0 Å². The first-order valence-electron chi connectivity index (χ1n) is 7.59. The number of hydrogen-bond acceptors (Lipinski definition) is 5. The summed E-state index contributed by atoms with van der Waals surface area (Å²) in [5.41, 5.74) is 0.514. The van der Waals surface area contributed by atoms with Crippen LogP contribution < -0.4 is 15.4 Å². The van der Waals surface area contributed by atoms with Crippen LogP contribution in [0.15, 0.2) is 18.2 Å². The van der Waals surface area contributed by atoms with E-state index in [0.29, 0.717) is 21.8 Å². The van der Waals surface area contributed by atoms with E-state index >= 15 is 0 Å². The zero-order chi connectivity index (χ0) is 17.2. The molecular weight excluding hydrogens is 343 g/mol. The second-order valence-electron chi connectivity index (χ2n) is 5.60. The molecule has 1 amide bonds. The highest BCUT2D eigenvalue weighted by Crippen LogP contribution is 2.31. The third-order valence-electron chi connectivity index (χ3n) is 3.68. The Labute approximate surface area is 140 Å². The fourth-order valence-electron chi connectivity index (χ4n) is 2.65. The van der Waals surface area contributed by atoms with E-state index in [1.165, 1.54) is 18.2 Å². The highest BCUT2D eigenvalue weighted by Gasteiger charge is 2.31. The Morgan fingerprint density at radius 1 is 1.42 bits per heavy atom. The van der Waals surface area contributed by atoms with Gasteiger partial charge in [-0.1, -0.05) is 17.8 Å². The molecule has 2 N–H and O–H groups in total. The minimum absolute atomic E-state index is 0.153. The zero-order valence-electron chi connectivity index (χ0n) is 12.7. The summed E-state index contributed by atoms with van der Waals surface area (Å²) in [4.78, 5) is 16.3. The molecule has 1 aliphatic heterocycles. The molecule has 1 aliphatic rings.